The van der Waals surface area contributed by atoms with Crippen molar-refractivity contribution in [2.45, 2.75) is 32.6 Å². The molecule has 0 aliphatic heterocycles. The zero-order valence-corrected chi connectivity index (χ0v) is 16.1. The highest BCUT2D eigenvalue weighted by Gasteiger charge is 2.33. The minimum atomic E-state index is -4.58. The van der Waals surface area contributed by atoms with Crippen molar-refractivity contribution in [1.29, 1.82) is 0 Å². The van der Waals surface area contributed by atoms with Gasteiger partial charge in [0.15, 0.2) is 5.69 Å². The molecule has 3 aromatic rings. The monoisotopic (exact) mass is 427 g/mol. The molecule has 0 unspecified atom stereocenters. The van der Waals surface area contributed by atoms with E-state index < -0.39 is 17.8 Å². The summed E-state index contributed by atoms with van der Waals surface area (Å²) in [6.07, 6.45) is -2.86. The van der Waals surface area contributed by atoms with Crippen LogP contribution in [0.5, 0.6) is 0 Å². The van der Waals surface area contributed by atoms with Crippen LogP contribution in [-0.4, -0.2) is 37.1 Å². The predicted octanol–water partition coefficient (Wildman–Crippen LogP) is 3.23. The molecule has 2 heterocycles. The number of amides is 1. The standard InChI is InChI=1S/C18H17ClF3N5O2/c1-2-6-26(16(28)10-27-7-5-14(25-27)18(20,21)22)9-15-23-13-8-11(19)3-4-12(13)17(29)24-15/h3-5,7-8H,2,6,9-10H2,1H3,(H,23,24,29). The molecule has 154 valence electrons. The van der Waals surface area contributed by atoms with Crippen LogP contribution in [0.25, 0.3) is 10.9 Å². The smallest absolute Gasteiger partial charge is 0.334 e. The summed E-state index contributed by atoms with van der Waals surface area (Å²) in [4.78, 5) is 33.2. The van der Waals surface area contributed by atoms with Gasteiger partial charge in [0.2, 0.25) is 5.91 Å². The van der Waals surface area contributed by atoms with E-state index in [0.29, 0.717) is 28.9 Å². The first-order valence-electron chi connectivity index (χ1n) is 8.74. The summed E-state index contributed by atoms with van der Waals surface area (Å²) in [5.41, 5.74) is -1.04. The highest BCUT2D eigenvalue weighted by Crippen LogP contribution is 2.27. The van der Waals surface area contributed by atoms with Gasteiger partial charge in [0.1, 0.15) is 12.4 Å². The normalized spacial score (nSPS) is 11.8. The Kier molecular flexibility index (Phi) is 5.92. The Balaban J connectivity index is 1.81. The van der Waals surface area contributed by atoms with Crippen LogP contribution in [0.1, 0.15) is 24.9 Å². The van der Waals surface area contributed by atoms with Gasteiger partial charge in [0.05, 0.1) is 17.4 Å². The van der Waals surface area contributed by atoms with E-state index in [9.17, 15) is 22.8 Å². The number of hydrogen-bond donors (Lipinski definition) is 1. The Labute approximate surface area is 168 Å². The van der Waals surface area contributed by atoms with Crippen LogP contribution in [0, 0.1) is 0 Å². The molecule has 3 rings (SSSR count). The number of aromatic amines is 1. The zero-order chi connectivity index (χ0) is 21.2. The largest absolute Gasteiger partial charge is 0.435 e. The van der Waals surface area contributed by atoms with E-state index in [-0.39, 0.29) is 24.5 Å². The Bertz CT molecular complexity index is 1090. The molecule has 0 fully saturated rings. The molecule has 1 aromatic carbocycles. The van der Waals surface area contributed by atoms with E-state index in [4.69, 9.17) is 11.6 Å². The third kappa shape index (κ3) is 4.94. The summed E-state index contributed by atoms with van der Waals surface area (Å²) in [6.45, 7) is 1.83. The molecular weight excluding hydrogens is 411 g/mol. The number of H-pyrrole nitrogens is 1. The maximum absolute atomic E-state index is 12.7. The zero-order valence-electron chi connectivity index (χ0n) is 15.3. The van der Waals surface area contributed by atoms with Crippen LogP contribution in [-0.2, 0) is 24.1 Å². The molecule has 29 heavy (non-hydrogen) atoms. The summed E-state index contributed by atoms with van der Waals surface area (Å²) in [7, 11) is 0. The van der Waals surface area contributed by atoms with Gasteiger partial charge in [-0.1, -0.05) is 18.5 Å². The van der Waals surface area contributed by atoms with Gasteiger partial charge in [0.25, 0.3) is 5.56 Å². The second-order valence-corrected chi connectivity index (χ2v) is 6.82. The number of aromatic nitrogens is 4. The van der Waals surface area contributed by atoms with Crippen molar-refractivity contribution in [3.05, 3.63) is 57.4 Å². The van der Waals surface area contributed by atoms with Crippen LogP contribution in [0.4, 0.5) is 13.2 Å². The van der Waals surface area contributed by atoms with Gasteiger partial charge in [-0.15, -0.1) is 0 Å². The fraction of sp³-hybridized carbons (Fsp3) is 0.333. The fourth-order valence-electron chi connectivity index (χ4n) is 2.82. The molecule has 0 radical (unpaired) electrons. The molecule has 0 spiro atoms. The average molecular weight is 428 g/mol. The van der Waals surface area contributed by atoms with Gasteiger partial charge in [0, 0.05) is 17.8 Å². The summed E-state index contributed by atoms with van der Waals surface area (Å²) in [6, 6.07) is 5.48. The molecule has 0 saturated heterocycles. The van der Waals surface area contributed by atoms with Gasteiger partial charge < -0.3 is 9.88 Å². The van der Waals surface area contributed by atoms with Crippen LogP contribution in [0.2, 0.25) is 5.02 Å². The highest BCUT2D eigenvalue weighted by atomic mass is 35.5. The number of hydrogen-bond acceptors (Lipinski definition) is 4. The second kappa shape index (κ2) is 8.24. The number of carbonyl (C=O) groups is 1. The molecule has 0 atom stereocenters. The lowest BCUT2D eigenvalue weighted by atomic mass is 10.2. The van der Waals surface area contributed by atoms with Crippen LogP contribution < -0.4 is 5.56 Å². The van der Waals surface area contributed by atoms with E-state index >= 15 is 0 Å². The van der Waals surface area contributed by atoms with Gasteiger partial charge in [-0.3, -0.25) is 14.3 Å². The number of nitrogens with one attached hydrogen (secondary N) is 1. The van der Waals surface area contributed by atoms with Crippen molar-refractivity contribution in [2.24, 2.45) is 0 Å². The molecule has 0 bridgehead atoms. The molecule has 11 heteroatoms. The first kappa shape index (κ1) is 20.8. The summed E-state index contributed by atoms with van der Waals surface area (Å²) in [5, 5.41) is 4.17. The number of carbonyl (C=O) groups excluding carboxylic acids is 1. The van der Waals surface area contributed by atoms with E-state index in [1.54, 1.807) is 18.2 Å². The molecule has 7 nitrogen and oxygen atoms in total. The summed E-state index contributed by atoms with van der Waals surface area (Å²) < 4.78 is 39.0. The lowest BCUT2D eigenvalue weighted by molar-refractivity contribution is -0.142. The van der Waals surface area contributed by atoms with E-state index in [0.717, 1.165) is 16.9 Å². The number of rotatable bonds is 6. The molecule has 2 aromatic heterocycles. The van der Waals surface area contributed by atoms with Crippen molar-refractivity contribution in [3.8, 4) is 0 Å². The number of benzene rings is 1. The van der Waals surface area contributed by atoms with E-state index in [1.807, 2.05) is 6.92 Å². The topological polar surface area (TPSA) is 83.9 Å². The van der Waals surface area contributed by atoms with Crippen molar-refractivity contribution >= 4 is 28.4 Å². The van der Waals surface area contributed by atoms with Crippen molar-refractivity contribution < 1.29 is 18.0 Å². The quantitative estimate of drug-likeness (QED) is 0.654. The summed E-state index contributed by atoms with van der Waals surface area (Å²) in [5.74, 6) is -0.194. The van der Waals surface area contributed by atoms with Gasteiger partial charge >= 0.3 is 6.18 Å². The van der Waals surface area contributed by atoms with E-state index in [1.165, 1.54) is 4.90 Å². The van der Waals surface area contributed by atoms with Crippen molar-refractivity contribution in [1.82, 2.24) is 24.6 Å². The van der Waals surface area contributed by atoms with Crippen molar-refractivity contribution in [2.75, 3.05) is 6.54 Å². The molecule has 0 aliphatic carbocycles. The molecule has 1 N–H and O–H groups in total. The third-order valence-corrected chi connectivity index (χ3v) is 4.37. The second-order valence-electron chi connectivity index (χ2n) is 6.39. The first-order chi connectivity index (χ1) is 13.7. The number of halogens is 4. The fourth-order valence-corrected chi connectivity index (χ4v) is 2.98. The van der Waals surface area contributed by atoms with Crippen LogP contribution >= 0.6 is 11.6 Å². The summed E-state index contributed by atoms with van der Waals surface area (Å²) >= 11 is 5.95. The van der Waals surface area contributed by atoms with Crippen LogP contribution in [0.15, 0.2) is 35.3 Å². The Morgan fingerprint density at radius 3 is 2.72 bits per heavy atom. The van der Waals surface area contributed by atoms with Crippen molar-refractivity contribution in [3.63, 3.8) is 0 Å². The van der Waals surface area contributed by atoms with E-state index in [2.05, 4.69) is 15.1 Å². The van der Waals surface area contributed by atoms with Gasteiger partial charge in [-0.2, -0.15) is 18.3 Å². The molecule has 1 amide bonds. The Morgan fingerprint density at radius 2 is 2.07 bits per heavy atom. The first-order valence-corrected chi connectivity index (χ1v) is 9.12. The number of nitrogens with zero attached hydrogens (tertiary/aromatic N) is 4. The average Bonchev–Trinajstić information content (AvgIpc) is 3.10. The lowest BCUT2D eigenvalue weighted by Gasteiger charge is -2.21. The maximum atomic E-state index is 12.7. The minimum Gasteiger partial charge on any atom is -0.334 e. The molecular formula is C18H17ClF3N5O2. The predicted molar refractivity (Wildman–Crippen MR) is 100 cm³/mol. The maximum Gasteiger partial charge on any atom is 0.435 e. The SMILES string of the molecule is CCCN(Cc1nc2cc(Cl)ccc2c(=O)[nH]1)C(=O)Cn1ccc(C(F)(F)F)n1. The van der Waals surface area contributed by atoms with Gasteiger partial charge in [-0.05, 0) is 30.7 Å². The lowest BCUT2D eigenvalue weighted by Crippen LogP contribution is -2.35. The highest BCUT2D eigenvalue weighted by molar-refractivity contribution is 6.31. The van der Waals surface area contributed by atoms with Gasteiger partial charge in [-0.25, -0.2) is 4.98 Å². The molecule has 0 aliphatic rings. The molecule has 0 saturated carbocycles. The number of fused-ring (bicyclic) bond motifs is 1. The van der Waals surface area contributed by atoms with Crippen LogP contribution in [0.3, 0.4) is 0 Å². The Hall–Kier alpha value is -2.88. The third-order valence-electron chi connectivity index (χ3n) is 4.13. The number of alkyl halides is 3. The Morgan fingerprint density at radius 1 is 1.31 bits per heavy atom. The minimum absolute atomic E-state index is 0.00222.